The van der Waals surface area contributed by atoms with Gasteiger partial charge in [-0.1, -0.05) is 29.8 Å². The second-order valence-electron chi connectivity index (χ2n) is 6.59. The summed E-state index contributed by atoms with van der Waals surface area (Å²) in [6, 6.07) is 18.8. The minimum Gasteiger partial charge on any atom is -0.508 e. The first-order chi connectivity index (χ1) is 15.4. The van der Waals surface area contributed by atoms with Gasteiger partial charge in [0.25, 0.3) is 5.91 Å². The van der Waals surface area contributed by atoms with Gasteiger partial charge in [0.15, 0.2) is 11.5 Å². The van der Waals surface area contributed by atoms with Crippen molar-refractivity contribution in [1.29, 1.82) is 5.26 Å². The number of aromatic hydroxyl groups is 1. The highest BCUT2D eigenvalue weighted by Gasteiger charge is 2.15. The Balaban J connectivity index is 1.82. The molecule has 3 aromatic carbocycles. The fraction of sp³-hybridized carbons (Fsp3) is 0.0833. The molecule has 0 atom stereocenters. The van der Waals surface area contributed by atoms with Crippen molar-refractivity contribution in [2.75, 3.05) is 12.4 Å². The minimum atomic E-state index is -0.564. The van der Waals surface area contributed by atoms with E-state index in [1.165, 1.54) is 25.3 Å². The molecule has 8 heteroatoms. The molecule has 0 aromatic heterocycles. The number of halogens is 2. The van der Waals surface area contributed by atoms with Gasteiger partial charge in [0, 0.05) is 16.3 Å². The van der Waals surface area contributed by atoms with Crippen LogP contribution in [0.5, 0.6) is 17.2 Å². The molecular formula is C24H18ClIN2O4. The highest BCUT2D eigenvalue weighted by Crippen LogP contribution is 2.35. The summed E-state index contributed by atoms with van der Waals surface area (Å²) in [6.07, 6.45) is 1.47. The van der Waals surface area contributed by atoms with Crippen molar-refractivity contribution < 1.29 is 19.4 Å². The number of carbonyl (C=O) groups excluding carboxylic acids is 1. The molecule has 3 aromatic rings. The molecule has 1 amide bonds. The van der Waals surface area contributed by atoms with Crippen molar-refractivity contribution in [1.82, 2.24) is 0 Å². The summed E-state index contributed by atoms with van der Waals surface area (Å²) < 4.78 is 12.2. The zero-order chi connectivity index (χ0) is 23.1. The molecular weight excluding hydrogens is 543 g/mol. The lowest BCUT2D eigenvalue weighted by Gasteiger charge is -2.14. The quantitative estimate of drug-likeness (QED) is 0.165. The maximum Gasteiger partial charge on any atom is 0.266 e. The molecule has 0 aliphatic rings. The van der Waals surface area contributed by atoms with Crippen LogP contribution in [0.1, 0.15) is 11.1 Å². The van der Waals surface area contributed by atoms with Crippen LogP contribution >= 0.6 is 34.2 Å². The summed E-state index contributed by atoms with van der Waals surface area (Å²) in [5, 5.41) is 22.1. The Hall–Kier alpha value is -3.22. The number of hydrogen-bond acceptors (Lipinski definition) is 5. The van der Waals surface area contributed by atoms with Crippen LogP contribution in [-0.4, -0.2) is 18.1 Å². The summed E-state index contributed by atoms with van der Waals surface area (Å²) in [7, 11) is 1.52. The van der Waals surface area contributed by atoms with Crippen molar-refractivity contribution in [2.45, 2.75) is 6.61 Å². The molecule has 6 nitrogen and oxygen atoms in total. The SMILES string of the molecule is COc1cc(/C=C(/C#N)C(=O)Nc2ccc(O)cc2)cc(I)c1OCc1ccccc1Cl. The van der Waals surface area contributed by atoms with Crippen LogP contribution in [0.25, 0.3) is 6.08 Å². The lowest BCUT2D eigenvalue weighted by Crippen LogP contribution is -2.13. The van der Waals surface area contributed by atoms with E-state index < -0.39 is 5.91 Å². The molecule has 0 unspecified atom stereocenters. The number of amides is 1. The third kappa shape index (κ3) is 5.93. The Morgan fingerprint density at radius 2 is 1.94 bits per heavy atom. The summed E-state index contributed by atoms with van der Waals surface area (Å²) in [5.41, 5.74) is 1.83. The van der Waals surface area contributed by atoms with E-state index in [4.69, 9.17) is 21.1 Å². The number of methoxy groups -OCH3 is 1. The lowest BCUT2D eigenvalue weighted by molar-refractivity contribution is -0.112. The number of hydrogen-bond donors (Lipinski definition) is 2. The Bertz CT molecular complexity index is 1200. The normalized spacial score (nSPS) is 10.9. The average Bonchev–Trinajstić information content (AvgIpc) is 2.78. The van der Waals surface area contributed by atoms with E-state index in [0.29, 0.717) is 27.8 Å². The maximum atomic E-state index is 12.5. The minimum absolute atomic E-state index is 0.0811. The summed E-state index contributed by atoms with van der Waals surface area (Å²) in [4.78, 5) is 12.5. The molecule has 0 saturated carbocycles. The fourth-order valence-electron chi connectivity index (χ4n) is 2.79. The van der Waals surface area contributed by atoms with Crippen molar-refractivity contribution in [3.05, 3.63) is 86.0 Å². The molecule has 162 valence electrons. The van der Waals surface area contributed by atoms with Crippen molar-refractivity contribution in [3.63, 3.8) is 0 Å². The highest BCUT2D eigenvalue weighted by atomic mass is 127. The monoisotopic (exact) mass is 560 g/mol. The molecule has 3 rings (SSSR count). The van der Waals surface area contributed by atoms with Gasteiger partial charge in [0.2, 0.25) is 0 Å². The predicted octanol–water partition coefficient (Wildman–Crippen LogP) is 5.78. The van der Waals surface area contributed by atoms with Crippen molar-refractivity contribution in [3.8, 4) is 23.3 Å². The Morgan fingerprint density at radius 3 is 2.59 bits per heavy atom. The van der Waals surface area contributed by atoms with Crippen LogP contribution in [0.2, 0.25) is 5.02 Å². The second-order valence-corrected chi connectivity index (χ2v) is 8.15. The third-order valence-corrected chi connectivity index (χ3v) is 5.55. The first-order valence-corrected chi connectivity index (χ1v) is 10.8. The van der Waals surface area contributed by atoms with E-state index >= 15 is 0 Å². The van der Waals surface area contributed by atoms with Crippen LogP contribution in [0.15, 0.2) is 66.2 Å². The van der Waals surface area contributed by atoms with E-state index in [9.17, 15) is 15.2 Å². The van der Waals surface area contributed by atoms with Gasteiger partial charge in [0.05, 0.1) is 10.7 Å². The molecule has 0 aliphatic carbocycles. The predicted molar refractivity (Wildman–Crippen MR) is 132 cm³/mol. The number of nitrogens with one attached hydrogen (secondary N) is 1. The molecule has 0 spiro atoms. The van der Waals surface area contributed by atoms with E-state index in [1.807, 2.05) is 24.3 Å². The number of carbonyl (C=O) groups is 1. The summed E-state index contributed by atoms with van der Waals surface area (Å²) in [6.45, 7) is 0.264. The van der Waals surface area contributed by atoms with Crippen LogP contribution < -0.4 is 14.8 Å². The van der Waals surface area contributed by atoms with Gasteiger partial charge in [-0.2, -0.15) is 5.26 Å². The number of rotatable bonds is 7. The van der Waals surface area contributed by atoms with Crippen LogP contribution in [0.3, 0.4) is 0 Å². The molecule has 0 fully saturated rings. The van der Waals surface area contributed by atoms with E-state index in [1.54, 1.807) is 30.3 Å². The Kier molecular flexibility index (Phi) is 7.98. The van der Waals surface area contributed by atoms with E-state index in [0.717, 1.165) is 9.13 Å². The second kappa shape index (κ2) is 10.9. The summed E-state index contributed by atoms with van der Waals surface area (Å²) >= 11 is 8.31. The number of ether oxygens (including phenoxy) is 2. The zero-order valence-electron chi connectivity index (χ0n) is 16.9. The van der Waals surface area contributed by atoms with Gasteiger partial charge in [-0.05, 0) is 76.7 Å². The molecule has 0 heterocycles. The number of nitrogens with zero attached hydrogens (tertiary/aromatic N) is 1. The maximum absolute atomic E-state index is 12.5. The molecule has 0 radical (unpaired) electrons. The van der Waals surface area contributed by atoms with Gasteiger partial charge >= 0.3 is 0 Å². The fourth-order valence-corrected chi connectivity index (χ4v) is 3.76. The van der Waals surface area contributed by atoms with Crippen molar-refractivity contribution >= 4 is 51.9 Å². The zero-order valence-corrected chi connectivity index (χ0v) is 19.8. The van der Waals surface area contributed by atoms with Crippen molar-refractivity contribution in [2.24, 2.45) is 0 Å². The van der Waals surface area contributed by atoms with Crippen LogP contribution in [-0.2, 0) is 11.4 Å². The van der Waals surface area contributed by atoms with Crippen LogP contribution in [0.4, 0.5) is 5.69 Å². The van der Waals surface area contributed by atoms with E-state index in [2.05, 4.69) is 27.9 Å². The molecule has 32 heavy (non-hydrogen) atoms. The number of phenolic OH excluding ortho intramolecular Hbond substituents is 1. The average molecular weight is 561 g/mol. The first kappa shape index (κ1) is 23.4. The van der Waals surface area contributed by atoms with E-state index in [-0.39, 0.29) is 17.9 Å². The highest BCUT2D eigenvalue weighted by molar-refractivity contribution is 14.1. The lowest BCUT2D eigenvalue weighted by atomic mass is 10.1. The molecule has 0 aliphatic heterocycles. The third-order valence-electron chi connectivity index (χ3n) is 4.38. The topological polar surface area (TPSA) is 91.6 Å². The standard InChI is InChI=1S/C24H18ClIN2O4/c1-31-22-12-15(10-17(13-27)24(30)28-18-6-8-19(29)9-7-18)11-21(26)23(22)32-14-16-4-2-3-5-20(16)25/h2-12,29H,14H2,1H3,(H,28,30)/b17-10-. The largest absolute Gasteiger partial charge is 0.508 e. The van der Waals surface area contributed by atoms with Gasteiger partial charge < -0.3 is 19.9 Å². The number of benzene rings is 3. The van der Waals surface area contributed by atoms with Gasteiger partial charge in [0.1, 0.15) is 24.0 Å². The molecule has 2 N–H and O–H groups in total. The van der Waals surface area contributed by atoms with Gasteiger partial charge in [-0.15, -0.1) is 0 Å². The molecule has 0 bridgehead atoms. The van der Waals surface area contributed by atoms with Gasteiger partial charge in [-0.25, -0.2) is 0 Å². The Morgan fingerprint density at radius 1 is 1.22 bits per heavy atom. The number of nitriles is 1. The molecule has 0 saturated heterocycles. The van der Waals surface area contributed by atoms with Gasteiger partial charge in [-0.3, -0.25) is 4.79 Å². The number of anilines is 1. The van der Waals surface area contributed by atoms with Crippen LogP contribution in [0, 0.1) is 14.9 Å². The Labute approximate surface area is 204 Å². The smallest absolute Gasteiger partial charge is 0.266 e. The number of phenols is 1. The first-order valence-electron chi connectivity index (χ1n) is 9.37. The summed E-state index contributed by atoms with van der Waals surface area (Å²) in [5.74, 6) is 0.521.